The molecule has 0 unspecified atom stereocenters. The number of hydrogen-bond acceptors (Lipinski definition) is 6. The highest BCUT2D eigenvalue weighted by molar-refractivity contribution is 6.43. The first-order chi connectivity index (χ1) is 9.90. The van der Waals surface area contributed by atoms with Crippen molar-refractivity contribution in [2.45, 2.75) is 6.92 Å². The fraction of sp³-hybridized carbons (Fsp3) is 0.167. The average Bonchev–Trinajstić information content (AvgIpc) is 2.38. The van der Waals surface area contributed by atoms with E-state index in [1.165, 1.54) is 18.2 Å². The van der Waals surface area contributed by atoms with Crippen LogP contribution >= 0.6 is 34.8 Å². The van der Waals surface area contributed by atoms with Gasteiger partial charge >= 0.3 is 11.9 Å². The molecule has 1 rings (SSSR count). The molecule has 0 bridgehead atoms. The minimum Gasteiger partial charge on any atom is -0.461 e. The Balaban J connectivity index is 2.97. The molecule has 0 aromatic heterocycles. The molecular weight excluding hydrogens is 343 g/mol. The maximum atomic E-state index is 11.8. The van der Waals surface area contributed by atoms with Crippen LogP contribution in [0.2, 0.25) is 15.1 Å². The van der Waals surface area contributed by atoms with Gasteiger partial charge in [0.1, 0.15) is 6.07 Å². The topological polar surface area (TPSA) is 88.8 Å². The maximum Gasteiger partial charge on any atom is 0.371 e. The Kier molecular flexibility index (Phi) is 6.43. The number of nitrogens with zero attached hydrogens (tertiary/aromatic N) is 2. The van der Waals surface area contributed by atoms with E-state index in [0.29, 0.717) is 0 Å². The van der Waals surface area contributed by atoms with E-state index in [9.17, 15) is 9.59 Å². The van der Waals surface area contributed by atoms with Crippen molar-refractivity contribution in [3.8, 4) is 6.07 Å². The molecule has 0 saturated carbocycles. The quantitative estimate of drug-likeness (QED) is 0.360. The van der Waals surface area contributed by atoms with E-state index >= 15 is 0 Å². The largest absolute Gasteiger partial charge is 0.461 e. The number of nitriles is 1. The Morgan fingerprint density at radius 3 is 2.33 bits per heavy atom. The van der Waals surface area contributed by atoms with Gasteiger partial charge in [0, 0.05) is 5.02 Å². The molecule has 110 valence electrons. The lowest BCUT2D eigenvalue weighted by atomic mass is 10.2. The van der Waals surface area contributed by atoms with Crippen molar-refractivity contribution < 1.29 is 19.2 Å². The predicted octanol–water partition coefficient (Wildman–Crippen LogP) is 3.25. The molecule has 1 aromatic rings. The summed E-state index contributed by atoms with van der Waals surface area (Å²) in [6, 6.07) is 4.01. The lowest BCUT2D eigenvalue weighted by Gasteiger charge is -2.04. The number of hydrogen-bond donors (Lipinski definition) is 0. The van der Waals surface area contributed by atoms with Gasteiger partial charge in [0.05, 0.1) is 22.2 Å². The summed E-state index contributed by atoms with van der Waals surface area (Å²) in [5, 5.41) is 12.0. The van der Waals surface area contributed by atoms with E-state index in [2.05, 4.69) is 14.7 Å². The second-order valence-corrected chi connectivity index (χ2v) is 4.65. The van der Waals surface area contributed by atoms with Crippen molar-refractivity contribution in [2.24, 2.45) is 5.16 Å². The van der Waals surface area contributed by atoms with Gasteiger partial charge in [-0.2, -0.15) is 5.26 Å². The third-order valence-corrected chi connectivity index (χ3v) is 2.82. The zero-order valence-electron chi connectivity index (χ0n) is 10.5. The molecule has 0 atom stereocenters. The average molecular weight is 350 g/mol. The second kappa shape index (κ2) is 7.84. The first-order valence-corrected chi connectivity index (χ1v) is 6.55. The maximum absolute atomic E-state index is 11.8. The zero-order valence-corrected chi connectivity index (χ0v) is 12.8. The highest BCUT2D eigenvalue weighted by Crippen LogP contribution is 2.29. The van der Waals surface area contributed by atoms with E-state index in [0.717, 1.165) is 0 Å². The Morgan fingerprint density at radius 2 is 1.86 bits per heavy atom. The summed E-state index contributed by atoms with van der Waals surface area (Å²) < 4.78 is 4.54. The van der Waals surface area contributed by atoms with Gasteiger partial charge < -0.3 is 9.57 Å². The summed E-state index contributed by atoms with van der Waals surface area (Å²) in [6.45, 7) is 1.59. The van der Waals surface area contributed by atoms with E-state index in [1.54, 1.807) is 6.92 Å². The lowest BCUT2D eigenvalue weighted by molar-refractivity contribution is -0.135. The predicted molar refractivity (Wildman–Crippen MR) is 76.6 cm³/mol. The van der Waals surface area contributed by atoms with Crippen molar-refractivity contribution in [1.82, 2.24) is 0 Å². The van der Waals surface area contributed by atoms with Gasteiger partial charge in [-0.15, -0.1) is 0 Å². The summed E-state index contributed by atoms with van der Waals surface area (Å²) >= 11 is 17.3. The van der Waals surface area contributed by atoms with Crippen LogP contribution in [0.5, 0.6) is 0 Å². The molecule has 1 aromatic carbocycles. The molecule has 0 aliphatic rings. The Morgan fingerprint density at radius 1 is 1.29 bits per heavy atom. The van der Waals surface area contributed by atoms with Gasteiger partial charge in [-0.25, -0.2) is 9.59 Å². The van der Waals surface area contributed by atoms with E-state index in [4.69, 9.17) is 40.1 Å². The minimum atomic E-state index is -1.04. The Bertz CT molecular complexity index is 629. The summed E-state index contributed by atoms with van der Waals surface area (Å²) in [6.07, 6.45) is 0. The second-order valence-electron chi connectivity index (χ2n) is 3.40. The van der Waals surface area contributed by atoms with Crippen LogP contribution in [0.25, 0.3) is 0 Å². The van der Waals surface area contributed by atoms with Gasteiger partial charge in [-0.05, 0) is 19.1 Å². The van der Waals surface area contributed by atoms with Crippen LogP contribution in [0.4, 0.5) is 0 Å². The summed E-state index contributed by atoms with van der Waals surface area (Å²) in [4.78, 5) is 27.5. The van der Waals surface area contributed by atoms with Crippen molar-refractivity contribution in [3.05, 3.63) is 32.8 Å². The van der Waals surface area contributed by atoms with Crippen LogP contribution in [0.15, 0.2) is 17.3 Å². The van der Waals surface area contributed by atoms with Gasteiger partial charge in [0.2, 0.25) is 0 Å². The molecular formula is C12H7Cl3N2O4. The molecule has 6 nitrogen and oxygen atoms in total. The number of ether oxygens (including phenoxy) is 1. The molecule has 0 aliphatic heterocycles. The summed E-state index contributed by atoms with van der Waals surface area (Å²) in [5.41, 5.74) is -0.904. The summed E-state index contributed by atoms with van der Waals surface area (Å²) in [7, 11) is 0. The molecule has 0 saturated heterocycles. The summed E-state index contributed by atoms with van der Waals surface area (Å²) in [5.74, 6) is -2.06. The molecule has 0 amide bonds. The number of carbonyl (C=O) groups is 2. The first kappa shape index (κ1) is 17.2. The van der Waals surface area contributed by atoms with Crippen LogP contribution in [0.1, 0.15) is 17.3 Å². The number of benzene rings is 1. The molecule has 0 fully saturated rings. The molecule has 0 heterocycles. The van der Waals surface area contributed by atoms with Crippen LogP contribution in [-0.2, 0) is 14.4 Å². The molecule has 0 radical (unpaired) electrons. The van der Waals surface area contributed by atoms with Crippen LogP contribution in [0.3, 0.4) is 0 Å². The molecule has 21 heavy (non-hydrogen) atoms. The number of esters is 1. The van der Waals surface area contributed by atoms with Gasteiger partial charge in [-0.3, -0.25) is 0 Å². The number of carbonyl (C=O) groups excluding carboxylic acids is 2. The molecule has 0 N–H and O–H groups in total. The van der Waals surface area contributed by atoms with Crippen molar-refractivity contribution >= 4 is 52.5 Å². The van der Waals surface area contributed by atoms with E-state index in [1.807, 2.05) is 0 Å². The first-order valence-electron chi connectivity index (χ1n) is 5.41. The van der Waals surface area contributed by atoms with Crippen LogP contribution < -0.4 is 0 Å². The highest BCUT2D eigenvalue weighted by atomic mass is 35.5. The van der Waals surface area contributed by atoms with Gasteiger partial charge in [0.15, 0.2) is 0 Å². The smallest absolute Gasteiger partial charge is 0.371 e. The number of rotatable bonds is 4. The van der Waals surface area contributed by atoms with Gasteiger partial charge in [-0.1, -0.05) is 40.0 Å². The van der Waals surface area contributed by atoms with E-state index < -0.39 is 17.7 Å². The Hall–Kier alpha value is -1.81. The lowest BCUT2D eigenvalue weighted by Crippen LogP contribution is -2.17. The van der Waals surface area contributed by atoms with Crippen molar-refractivity contribution in [2.75, 3.05) is 6.61 Å². The molecule has 0 aliphatic carbocycles. The molecule has 9 heteroatoms. The van der Waals surface area contributed by atoms with Gasteiger partial charge in [0.25, 0.3) is 5.71 Å². The normalized spacial score (nSPS) is 10.7. The SMILES string of the molecule is CCOC(=O)/C(C#N)=N/OC(=O)c1c(Cl)cc(Cl)cc1Cl. The monoisotopic (exact) mass is 348 g/mol. The third-order valence-electron chi connectivity index (χ3n) is 2.01. The standard InChI is InChI=1S/C12H7Cl3N2O4/c1-2-20-11(18)9(5-16)17-21-12(19)10-7(14)3-6(13)4-8(10)15/h3-4H,2H2,1H3/b17-9+. The van der Waals surface area contributed by atoms with Crippen LogP contribution in [-0.4, -0.2) is 24.3 Å². The number of oxime groups is 1. The van der Waals surface area contributed by atoms with Crippen molar-refractivity contribution in [3.63, 3.8) is 0 Å². The third kappa shape index (κ3) is 4.60. The highest BCUT2D eigenvalue weighted by Gasteiger charge is 2.20. The Labute approximate surface area is 134 Å². The fourth-order valence-electron chi connectivity index (χ4n) is 1.17. The van der Waals surface area contributed by atoms with E-state index in [-0.39, 0.29) is 27.2 Å². The number of halogens is 3. The van der Waals surface area contributed by atoms with Crippen LogP contribution in [0, 0.1) is 11.3 Å². The fourth-order valence-corrected chi connectivity index (χ4v) is 2.14. The molecule has 0 spiro atoms. The zero-order chi connectivity index (χ0) is 16.0. The van der Waals surface area contributed by atoms with Crippen molar-refractivity contribution in [1.29, 1.82) is 5.26 Å². The minimum absolute atomic E-state index is 0.0440.